The van der Waals surface area contributed by atoms with E-state index >= 15 is 0 Å². The first-order valence-corrected chi connectivity index (χ1v) is 15.8. The van der Waals surface area contributed by atoms with Gasteiger partial charge in [0.05, 0.1) is 23.1 Å². The fraction of sp³-hybridized carbons (Fsp3) is 0.133. The minimum Gasteiger partial charge on any atom is -0.348 e. The van der Waals surface area contributed by atoms with Crippen LogP contribution in [-0.4, -0.2) is 23.0 Å². The van der Waals surface area contributed by atoms with Crippen molar-refractivity contribution in [3.63, 3.8) is 0 Å². The molecule has 2 unspecified atom stereocenters. The maximum absolute atomic E-state index is 13.9. The molecule has 0 amide bonds. The van der Waals surface area contributed by atoms with E-state index in [-0.39, 0.29) is 0 Å². The van der Waals surface area contributed by atoms with Crippen LogP contribution in [0.3, 0.4) is 0 Å². The van der Waals surface area contributed by atoms with Crippen LogP contribution in [0.4, 0.5) is 20.2 Å². The predicted molar refractivity (Wildman–Crippen MR) is 168 cm³/mol. The van der Waals surface area contributed by atoms with E-state index in [0.717, 1.165) is 64.2 Å². The first-order chi connectivity index (χ1) is 20.6. The van der Waals surface area contributed by atoms with Crippen molar-refractivity contribution in [3.05, 3.63) is 83.9 Å². The average molecular weight is 635 g/mol. The van der Waals surface area contributed by atoms with Gasteiger partial charge in [-0.2, -0.15) is 17.5 Å². The summed E-state index contributed by atoms with van der Waals surface area (Å²) in [4.78, 5) is 4.09. The molecule has 3 aromatic carbocycles. The number of benzene rings is 3. The number of nitrogens with zero attached hydrogens (tertiary/aromatic N) is 4. The molecule has 0 N–H and O–H groups in total. The molecular formula is C30H20F2N4O2S4. The molecule has 0 radical (unpaired) electrons. The summed E-state index contributed by atoms with van der Waals surface area (Å²) in [6.07, 6.45) is -2.89. The minimum absolute atomic E-state index is 0.479. The number of hydrogen-bond acceptors (Lipinski definition) is 9. The van der Waals surface area contributed by atoms with Gasteiger partial charge in [-0.3, -0.25) is 0 Å². The zero-order valence-electron chi connectivity index (χ0n) is 22.1. The summed E-state index contributed by atoms with van der Waals surface area (Å²) < 4.78 is 56.2. The third-order valence-electron chi connectivity index (χ3n) is 6.96. The molecule has 12 heteroatoms. The van der Waals surface area contributed by atoms with E-state index in [1.165, 1.54) is 37.3 Å². The Morgan fingerprint density at radius 1 is 0.571 bits per heavy atom. The molecule has 0 saturated carbocycles. The molecule has 1 aliphatic heterocycles. The van der Waals surface area contributed by atoms with Crippen molar-refractivity contribution < 1.29 is 18.3 Å². The number of ether oxygens (including phenoxy) is 2. The van der Waals surface area contributed by atoms with Gasteiger partial charge in [0.15, 0.2) is 0 Å². The second kappa shape index (κ2) is 11.3. The van der Waals surface area contributed by atoms with Crippen molar-refractivity contribution in [2.75, 3.05) is 14.2 Å². The molecule has 210 valence electrons. The van der Waals surface area contributed by atoms with Crippen LogP contribution >= 0.6 is 34.4 Å². The molecule has 6 aromatic rings. The molecule has 6 nitrogen and oxygen atoms in total. The Labute approximate surface area is 255 Å². The Kier molecular flexibility index (Phi) is 7.34. The number of halogens is 2. The zero-order valence-corrected chi connectivity index (χ0v) is 25.3. The number of fused-ring (bicyclic) bond motifs is 2. The van der Waals surface area contributed by atoms with E-state index in [1.807, 2.05) is 24.3 Å². The van der Waals surface area contributed by atoms with E-state index < -0.39 is 12.7 Å². The summed E-state index contributed by atoms with van der Waals surface area (Å²) in [6, 6.07) is 22.8. The van der Waals surface area contributed by atoms with Crippen LogP contribution in [0.1, 0.15) is 23.8 Å². The molecule has 3 aromatic heterocycles. The van der Waals surface area contributed by atoms with Gasteiger partial charge in [-0.15, -0.1) is 22.7 Å². The van der Waals surface area contributed by atoms with Crippen LogP contribution in [0, 0.1) is 0 Å². The average Bonchev–Trinajstić information content (AvgIpc) is 3.86. The first-order valence-electron chi connectivity index (χ1n) is 12.7. The van der Waals surface area contributed by atoms with Crippen molar-refractivity contribution in [1.82, 2.24) is 8.75 Å². The fourth-order valence-electron chi connectivity index (χ4n) is 4.85. The lowest BCUT2D eigenvalue weighted by Crippen LogP contribution is -1.93. The zero-order chi connectivity index (χ0) is 28.8. The number of methoxy groups -OCH3 is 2. The van der Waals surface area contributed by atoms with Crippen molar-refractivity contribution in [2.45, 2.75) is 12.7 Å². The van der Waals surface area contributed by atoms with Crippen molar-refractivity contribution in [3.8, 4) is 41.8 Å². The van der Waals surface area contributed by atoms with E-state index in [9.17, 15) is 8.78 Å². The van der Waals surface area contributed by atoms with Gasteiger partial charge in [0.25, 0.3) is 0 Å². The van der Waals surface area contributed by atoms with Gasteiger partial charge < -0.3 is 9.47 Å². The molecule has 0 bridgehead atoms. The highest BCUT2D eigenvalue weighted by Gasteiger charge is 2.28. The lowest BCUT2D eigenvalue weighted by Gasteiger charge is -2.10. The predicted octanol–water partition coefficient (Wildman–Crippen LogP) is 10.4. The molecule has 0 spiro atoms. The van der Waals surface area contributed by atoms with Crippen LogP contribution in [0.2, 0.25) is 0 Å². The SMILES string of the molecule is COC(F)c1ccc(-c2ccc(-c3c4c(c(-c5ccc(-c6ccc(C(F)OC)cc6)s5)c5nsnc35)N=S=N4)s2)cc1. The van der Waals surface area contributed by atoms with E-state index in [2.05, 4.69) is 24.3 Å². The number of aromatic nitrogens is 2. The van der Waals surface area contributed by atoms with E-state index in [4.69, 9.17) is 26.9 Å². The largest absolute Gasteiger partial charge is 0.348 e. The second-order valence-electron chi connectivity index (χ2n) is 9.35. The molecule has 42 heavy (non-hydrogen) atoms. The number of thiophene rings is 2. The second-order valence-corrected chi connectivity index (χ2v) is 12.6. The quantitative estimate of drug-likeness (QED) is 0.167. The van der Waals surface area contributed by atoms with Gasteiger partial charge in [0, 0.05) is 56.0 Å². The van der Waals surface area contributed by atoms with Crippen LogP contribution in [0.5, 0.6) is 0 Å². The lowest BCUT2D eigenvalue weighted by molar-refractivity contribution is -0.00682. The van der Waals surface area contributed by atoms with Gasteiger partial charge in [-0.05, 0) is 35.4 Å². The van der Waals surface area contributed by atoms with Crippen LogP contribution in [0.15, 0.2) is 81.5 Å². The third-order valence-corrected chi connectivity index (χ3v) is 10.3. The molecule has 0 fully saturated rings. The smallest absolute Gasteiger partial charge is 0.224 e. The summed E-state index contributed by atoms with van der Waals surface area (Å²) in [6.45, 7) is 0. The number of rotatable bonds is 8. The molecule has 0 aliphatic carbocycles. The van der Waals surface area contributed by atoms with Gasteiger partial charge >= 0.3 is 0 Å². The molecule has 7 rings (SSSR count). The Balaban J connectivity index is 1.28. The van der Waals surface area contributed by atoms with Gasteiger partial charge in [0.1, 0.15) is 22.4 Å². The third kappa shape index (κ3) is 4.74. The summed E-state index contributed by atoms with van der Waals surface area (Å²) in [5.74, 6) is 0. The van der Waals surface area contributed by atoms with Crippen LogP contribution in [0.25, 0.3) is 52.8 Å². The highest BCUT2D eigenvalue weighted by atomic mass is 32.1. The molecule has 2 atom stereocenters. The van der Waals surface area contributed by atoms with Gasteiger partial charge in [-0.25, -0.2) is 8.78 Å². The Morgan fingerprint density at radius 3 is 1.38 bits per heavy atom. The summed E-state index contributed by atoms with van der Waals surface area (Å²) in [5.41, 5.74) is 7.89. The maximum Gasteiger partial charge on any atom is 0.224 e. The monoisotopic (exact) mass is 634 g/mol. The topological polar surface area (TPSA) is 69.0 Å². The fourth-order valence-corrected chi connectivity index (χ4v) is 8.08. The molecule has 0 saturated heterocycles. The standard InChI is InChI=1S/C30H20F2N4O2S4/c1-37-29(31)17-7-3-15(4-8-17)19-11-13-21(39-19)23-25-27(35-41-33-25)24(28-26(23)34-42-36-28)22-14-12-20(40-22)16-5-9-18(10-6-16)30(32)38-2/h3-14,29-30H,1-2H3. The van der Waals surface area contributed by atoms with E-state index in [1.54, 1.807) is 46.9 Å². The number of alkyl halides is 2. The van der Waals surface area contributed by atoms with Gasteiger partial charge in [0.2, 0.25) is 12.7 Å². The highest BCUT2D eigenvalue weighted by molar-refractivity contribution is 7.58. The molecular weight excluding hydrogens is 615 g/mol. The summed E-state index contributed by atoms with van der Waals surface area (Å²) in [7, 11) is 2.69. The summed E-state index contributed by atoms with van der Waals surface area (Å²) in [5, 5.41) is 0. The lowest BCUT2D eigenvalue weighted by atomic mass is 10.0. The summed E-state index contributed by atoms with van der Waals surface area (Å²) >= 11 is 5.57. The van der Waals surface area contributed by atoms with Crippen molar-refractivity contribution in [2.24, 2.45) is 8.73 Å². The molecule has 4 heterocycles. The Bertz CT molecular complexity index is 1860. The normalized spacial score (nSPS) is 13.8. The highest BCUT2D eigenvalue weighted by Crippen LogP contribution is 2.54. The van der Waals surface area contributed by atoms with Crippen molar-refractivity contribution >= 4 is 68.2 Å². The number of hydrogen-bond donors (Lipinski definition) is 0. The van der Waals surface area contributed by atoms with Crippen LogP contribution < -0.4 is 0 Å². The Hall–Kier alpha value is -3.52. The maximum atomic E-state index is 13.9. The van der Waals surface area contributed by atoms with Crippen LogP contribution in [-0.2, 0) is 20.8 Å². The van der Waals surface area contributed by atoms with Crippen molar-refractivity contribution in [1.29, 1.82) is 0 Å². The van der Waals surface area contributed by atoms with Gasteiger partial charge in [-0.1, -0.05) is 48.5 Å². The van der Waals surface area contributed by atoms with E-state index in [0.29, 0.717) is 11.1 Å². The minimum atomic E-state index is -1.45. The Morgan fingerprint density at radius 2 is 0.976 bits per heavy atom. The molecule has 1 aliphatic rings. The first kappa shape index (κ1) is 27.3.